The van der Waals surface area contributed by atoms with Gasteiger partial charge >= 0.3 is 6.03 Å². The average Bonchev–Trinajstić information content (AvgIpc) is 3.13. The van der Waals surface area contributed by atoms with Gasteiger partial charge in [0.25, 0.3) is 0 Å². The summed E-state index contributed by atoms with van der Waals surface area (Å²) in [7, 11) is 1.66. The van der Waals surface area contributed by atoms with Crippen LogP contribution in [0.1, 0.15) is 12.0 Å². The van der Waals surface area contributed by atoms with E-state index in [-0.39, 0.29) is 18.1 Å². The first-order valence-electron chi connectivity index (χ1n) is 8.84. The second-order valence-corrected chi connectivity index (χ2v) is 8.35. The summed E-state index contributed by atoms with van der Waals surface area (Å²) in [5, 5.41) is 3.38. The van der Waals surface area contributed by atoms with Crippen molar-refractivity contribution in [2.24, 2.45) is 0 Å². The Morgan fingerprint density at radius 3 is 2.88 bits per heavy atom. The zero-order valence-corrected chi connectivity index (χ0v) is 16.5. The number of morpholine rings is 1. The Labute approximate surface area is 163 Å². The molecule has 0 radical (unpaired) electrons. The van der Waals surface area contributed by atoms with Crippen LogP contribution in [0.3, 0.4) is 0 Å². The fourth-order valence-electron chi connectivity index (χ4n) is 3.50. The van der Waals surface area contributed by atoms with Gasteiger partial charge < -0.3 is 15.0 Å². The first-order chi connectivity index (χ1) is 12.5. The molecule has 0 aliphatic carbocycles. The fraction of sp³-hybridized carbons (Fsp3) is 0.611. The predicted octanol–water partition coefficient (Wildman–Crippen LogP) is 2.83. The van der Waals surface area contributed by atoms with Crippen LogP contribution in [0.15, 0.2) is 18.2 Å². The number of amides is 2. The van der Waals surface area contributed by atoms with E-state index >= 15 is 0 Å². The number of thioether (sulfide) groups is 1. The summed E-state index contributed by atoms with van der Waals surface area (Å²) in [6, 6.07) is 4.34. The molecule has 1 atom stereocenters. The third kappa shape index (κ3) is 4.44. The van der Waals surface area contributed by atoms with Crippen molar-refractivity contribution in [3.05, 3.63) is 34.6 Å². The zero-order chi connectivity index (χ0) is 18.6. The van der Waals surface area contributed by atoms with Crippen molar-refractivity contribution in [2.45, 2.75) is 18.5 Å². The Bertz CT molecular complexity index is 617. The van der Waals surface area contributed by atoms with E-state index in [4.69, 9.17) is 16.3 Å². The molecule has 26 heavy (non-hydrogen) atoms. The summed E-state index contributed by atoms with van der Waals surface area (Å²) in [4.78, 5) is 16.5. The Morgan fingerprint density at radius 2 is 2.23 bits per heavy atom. The fourth-order valence-corrected chi connectivity index (χ4v) is 5.20. The van der Waals surface area contributed by atoms with E-state index in [1.165, 1.54) is 11.0 Å². The molecule has 2 aliphatic heterocycles. The van der Waals surface area contributed by atoms with Crippen molar-refractivity contribution in [2.75, 3.05) is 51.4 Å². The minimum atomic E-state index is -0.394. The predicted molar refractivity (Wildman–Crippen MR) is 103 cm³/mol. The maximum absolute atomic E-state index is 13.9. The lowest BCUT2D eigenvalue weighted by molar-refractivity contribution is -0.0127. The van der Waals surface area contributed by atoms with E-state index in [9.17, 15) is 9.18 Å². The highest BCUT2D eigenvalue weighted by molar-refractivity contribution is 7.99. The van der Waals surface area contributed by atoms with Gasteiger partial charge in [-0.25, -0.2) is 9.18 Å². The maximum Gasteiger partial charge on any atom is 0.317 e. The average molecular weight is 402 g/mol. The SMILES string of the molecule is CN(Cc1c(F)cccc1Cl)C(=O)NC[C@@]1(N2CCOCC2)CCSC1. The molecular weight excluding hydrogens is 377 g/mol. The largest absolute Gasteiger partial charge is 0.379 e. The molecule has 8 heteroatoms. The molecule has 0 spiro atoms. The second kappa shape index (κ2) is 8.78. The van der Waals surface area contributed by atoms with E-state index in [0.29, 0.717) is 17.1 Å². The Hall–Kier alpha value is -1.02. The lowest BCUT2D eigenvalue weighted by atomic mass is 9.95. The van der Waals surface area contributed by atoms with Gasteiger partial charge in [0.2, 0.25) is 0 Å². The number of benzene rings is 1. The number of hydrogen-bond acceptors (Lipinski definition) is 4. The number of urea groups is 1. The number of ether oxygens (including phenoxy) is 1. The van der Waals surface area contributed by atoms with Crippen LogP contribution in [0.2, 0.25) is 5.02 Å². The molecule has 2 amide bonds. The van der Waals surface area contributed by atoms with Crippen LogP contribution >= 0.6 is 23.4 Å². The van der Waals surface area contributed by atoms with Crippen LogP contribution < -0.4 is 5.32 Å². The highest BCUT2D eigenvalue weighted by Gasteiger charge is 2.41. The summed E-state index contributed by atoms with van der Waals surface area (Å²) in [6.45, 7) is 4.01. The highest BCUT2D eigenvalue weighted by atomic mass is 35.5. The minimum Gasteiger partial charge on any atom is -0.379 e. The second-order valence-electron chi connectivity index (χ2n) is 6.84. The topological polar surface area (TPSA) is 44.8 Å². The van der Waals surface area contributed by atoms with Gasteiger partial charge in [-0.2, -0.15) is 11.8 Å². The van der Waals surface area contributed by atoms with Crippen molar-refractivity contribution in [3.63, 3.8) is 0 Å². The monoisotopic (exact) mass is 401 g/mol. The lowest BCUT2D eigenvalue weighted by Gasteiger charge is -2.43. The van der Waals surface area contributed by atoms with Gasteiger partial charge in [0, 0.05) is 48.6 Å². The Balaban J connectivity index is 1.59. The van der Waals surface area contributed by atoms with Gasteiger partial charge in [-0.1, -0.05) is 17.7 Å². The van der Waals surface area contributed by atoms with Crippen molar-refractivity contribution < 1.29 is 13.9 Å². The van der Waals surface area contributed by atoms with Crippen molar-refractivity contribution >= 4 is 29.4 Å². The van der Waals surface area contributed by atoms with Crippen LogP contribution in [0.4, 0.5) is 9.18 Å². The summed E-state index contributed by atoms with van der Waals surface area (Å²) in [5.41, 5.74) is 0.326. The first-order valence-corrected chi connectivity index (χ1v) is 10.4. The molecule has 1 N–H and O–H groups in total. The number of hydrogen-bond donors (Lipinski definition) is 1. The van der Waals surface area contributed by atoms with Gasteiger partial charge in [-0.15, -0.1) is 0 Å². The number of rotatable bonds is 5. The molecule has 2 aliphatic rings. The first kappa shape index (κ1) is 19.7. The van der Waals surface area contributed by atoms with Gasteiger partial charge in [-0.05, 0) is 24.3 Å². The summed E-state index contributed by atoms with van der Waals surface area (Å²) < 4.78 is 19.4. The standard InChI is InChI=1S/C18H25ClFN3O2S/c1-22(11-14-15(19)3-2-4-16(14)20)17(24)21-12-18(5-10-26-13-18)23-6-8-25-9-7-23/h2-4H,5-13H2,1H3,(H,21,24)/t18-/m0/s1. The summed E-state index contributed by atoms with van der Waals surface area (Å²) in [5.74, 6) is 1.72. The van der Waals surface area contributed by atoms with Crippen LogP contribution in [0, 0.1) is 5.82 Å². The van der Waals surface area contributed by atoms with Crippen molar-refractivity contribution in [1.82, 2.24) is 15.1 Å². The van der Waals surface area contributed by atoms with Crippen LogP contribution in [-0.2, 0) is 11.3 Å². The quantitative estimate of drug-likeness (QED) is 0.824. The van der Waals surface area contributed by atoms with Crippen molar-refractivity contribution in [3.8, 4) is 0 Å². The molecule has 2 heterocycles. The van der Waals surface area contributed by atoms with Gasteiger partial charge in [-0.3, -0.25) is 4.90 Å². The van der Waals surface area contributed by atoms with Crippen molar-refractivity contribution in [1.29, 1.82) is 0 Å². The number of halogens is 2. The minimum absolute atomic E-state index is 0.0133. The molecule has 2 fully saturated rings. The number of carbonyl (C=O) groups is 1. The summed E-state index contributed by atoms with van der Waals surface area (Å²) in [6.07, 6.45) is 1.06. The third-order valence-corrected chi connectivity index (χ3v) is 6.73. The Kier molecular flexibility index (Phi) is 6.66. The number of nitrogens with zero attached hydrogens (tertiary/aromatic N) is 2. The highest BCUT2D eigenvalue weighted by Crippen LogP contribution is 2.33. The molecule has 144 valence electrons. The van der Waals surface area contributed by atoms with E-state index in [0.717, 1.165) is 44.2 Å². The molecule has 0 aromatic heterocycles. The van der Waals surface area contributed by atoms with Crippen LogP contribution in [0.5, 0.6) is 0 Å². The Morgan fingerprint density at radius 1 is 1.46 bits per heavy atom. The molecule has 1 aromatic carbocycles. The molecule has 0 unspecified atom stereocenters. The van der Waals surface area contributed by atoms with Gasteiger partial charge in [0.05, 0.1) is 19.8 Å². The smallest absolute Gasteiger partial charge is 0.317 e. The number of nitrogens with one attached hydrogen (secondary N) is 1. The number of carbonyl (C=O) groups excluding carboxylic acids is 1. The molecule has 0 saturated carbocycles. The molecular formula is C18H25ClFN3O2S. The van der Waals surface area contributed by atoms with E-state index in [1.54, 1.807) is 19.2 Å². The molecule has 0 bridgehead atoms. The van der Waals surface area contributed by atoms with Crippen LogP contribution in [0.25, 0.3) is 0 Å². The normalized spacial score (nSPS) is 23.8. The van der Waals surface area contributed by atoms with E-state index < -0.39 is 5.82 Å². The van der Waals surface area contributed by atoms with E-state index in [2.05, 4.69) is 10.2 Å². The zero-order valence-electron chi connectivity index (χ0n) is 15.0. The maximum atomic E-state index is 13.9. The summed E-state index contributed by atoms with van der Waals surface area (Å²) >= 11 is 7.99. The molecule has 2 saturated heterocycles. The molecule has 1 aromatic rings. The molecule has 5 nitrogen and oxygen atoms in total. The van der Waals surface area contributed by atoms with Gasteiger partial charge in [0.1, 0.15) is 5.82 Å². The molecule has 3 rings (SSSR count). The third-order valence-electron chi connectivity index (χ3n) is 5.14. The lowest BCUT2D eigenvalue weighted by Crippen LogP contribution is -2.59. The van der Waals surface area contributed by atoms with Gasteiger partial charge in [0.15, 0.2) is 0 Å². The van der Waals surface area contributed by atoms with Crippen LogP contribution in [-0.4, -0.2) is 72.8 Å². The van der Waals surface area contributed by atoms with E-state index in [1.807, 2.05) is 11.8 Å².